The van der Waals surface area contributed by atoms with Gasteiger partial charge in [0.2, 0.25) is 0 Å². The molecule has 1 aromatic rings. The molecular weight excluding hydrogens is 436 g/mol. The minimum absolute atomic E-state index is 0.224. The first-order valence-electron chi connectivity index (χ1n) is 14.0. The van der Waals surface area contributed by atoms with Crippen LogP contribution in [0.4, 0.5) is 0 Å². The second-order valence-electron chi connectivity index (χ2n) is 11.9. The molecule has 2 rings (SSSR count). The number of aldehydes is 1. The summed E-state index contributed by atoms with van der Waals surface area (Å²) < 4.78 is 12.0. The lowest BCUT2D eigenvalue weighted by atomic mass is 9.83. The zero-order valence-electron chi connectivity index (χ0n) is 23.7. The summed E-state index contributed by atoms with van der Waals surface area (Å²) in [7, 11) is 0. The largest absolute Gasteiger partial charge is 0.487 e. The number of benzene rings is 1. The molecule has 0 aliphatic carbocycles. The van der Waals surface area contributed by atoms with E-state index >= 15 is 0 Å². The molecule has 0 fully saturated rings. The molecule has 1 aliphatic rings. The van der Waals surface area contributed by atoms with Crippen molar-refractivity contribution in [2.45, 2.75) is 132 Å². The van der Waals surface area contributed by atoms with Crippen molar-refractivity contribution in [1.82, 2.24) is 0 Å². The van der Waals surface area contributed by atoms with Gasteiger partial charge in [0, 0.05) is 12.5 Å². The third kappa shape index (κ3) is 8.65. The first kappa shape index (κ1) is 29.4. The summed E-state index contributed by atoms with van der Waals surface area (Å²) in [5, 5.41) is 0. The van der Waals surface area contributed by atoms with Crippen molar-refractivity contribution < 1.29 is 19.1 Å². The summed E-state index contributed by atoms with van der Waals surface area (Å²) in [6.07, 6.45) is 13.9. The molecule has 3 atom stereocenters. The molecule has 4 heteroatoms. The van der Waals surface area contributed by atoms with Gasteiger partial charge in [-0.2, -0.15) is 0 Å². The predicted octanol–water partition coefficient (Wildman–Crippen LogP) is 8.56. The molecule has 198 valence electrons. The number of hydrogen-bond acceptors (Lipinski definition) is 4. The lowest BCUT2D eigenvalue weighted by Gasteiger charge is -2.38. The van der Waals surface area contributed by atoms with Crippen LogP contribution in [0.2, 0.25) is 0 Å². The average molecular weight is 487 g/mol. The molecular formula is C31H50O4. The van der Waals surface area contributed by atoms with E-state index in [1.165, 1.54) is 51.9 Å². The van der Waals surface area contributed by atoms with Crippen LogP contribution in [-0.2, 0) is 11.2 Å². The van der Waals surface area contributed by atoms with E-state index in [0.717, 1.165) is 72.2 Å². The molecule has 35 heavy (non-hydrogen) atoms. The summed E-state index contributed by atoms with van der Waals surface area (Å²) in [4.78, 5) is 23.5. The van der Waals surface area contributed by atoms with E-state index in [2.05, 4.69) is 34.6 Å². The molecule has 0 aromatic heterocycles. The van der Waals surface area contributed by atoms with Crippen molar-refractivity contribution in [3.8, 4) is 11.5 Å². The van der Waals surface area contributed by atoms with Gasteiger partial charge < -0.3 is 9.47 Å². The average Bonchev–Trinajstić information content (AvgIpc) is 2.77. The normalized spacial score (nSPS) is 19.1. The summed E-state index contributed by atoms with van der Waals surface area (Å²) in [6.45, 7) is 16.9. The second-order valence-corrected chi connectivity index (χ2v) is 11.9. The maximum Gasteiger partial charge on any atom is 0.308 e. The fourth-order valence-electron chi connectivity index (χ4n) is 5.48. The molecule has 1 aliphatic heterocycles. The molecule has 0 saturated heterocycles. The molecule has 4 nitrogen and oxygen atoms in total. The number of fused-ring (bicyclic) bond motifs is 1. The number of hydrogen-bond donors (Lipinski definition) is 0. The van der Waals surface area contributed by atoms with Crippen LogP contribution in [0.1, 0.15) is 133 Å². The van der Waals surface area contributed by atoms with Gasteiger partial charge >= 0.3 is 5.97 Å². The lowest BCUT2D eigenvalue weighted by molar-refractivity contribution is -0.131. The summed E-state index contributed by atoms with van der Waals surface area (Å²) in [5.41, 5.74) is 2.89. The van der Waals surface area contributed by atoms with Gasteiger partial charge in [-0.1, -0.05) is 72.6 Å². The van der Waals surface area contributed by atoms with Gasteiger partial charge in [0.1, 0.15) is 17.1 Å². The van der Waals surface area contributed by atoms with Crippen molar-refractivity contribution >= 4 is 12.3 Å². The Morgan fingerprint density at radius 2 is 1.54 bits per heavy atom. The predicted molar refractivity (Wildman–Crippen MR) is 145 cm³/mol. The number of carbonyl (C=O) groups excluding carboxylic acids is 2. The molecule has 0 radical (unpaired) electrons. The zero-order chi connectivity index (χ0) is 26.2. The van der Waals surface area contributed by atoms with Gasteiger partial charge in [-0.25, -0.2) is 0 Å². The fraction of sp³-hybridized carbons (Fsp3) is 0.742. The standard InChI is InChI=1S/C31H50O4/c1-21(2)12-9-13-22(3)14-10-15-23(4)16-11-18-31(8)19-17-27-28(20-32)29(34-26(7)33)24(5)25(6)30(27)35-31/h20-23H,9-19H2,1-8H3. The minimum atomic E-state index is -0.410. The van der Waals surface area contributed by atoms with E-state index in [0.29, 0.717) is 11.3 Å². The Labute approximate surface area is 214 Å². The van der Waals surface area contributed by atoms with Crippen molar-refractivity contribution in [2.75, 3.05) is 0 Å². The molecule has 1 heterocycles. The number of carbonyl (C=O) groups is 2. The Bertz CT molecular complexity index is 856. The van der Waals surface area contributed by atoms with Crippen LogP contribution in [0.3, 0.4) is 0 Å². The van der Waals surface area contributed by atoms with E-state index in [4.69, 9.17) is 9.47 Å². The van der Waals surface area contributed by atoms with Crippen molar-refractivity contribution in [1.29, 1.82) is 0 Å². The van der Waals surface area contributed by atoms with Gasteiger partial charge in [0.25, 0.3) is 0 Å². The quantitative estimate of drug-likeness (QED) is 0.150. The smallest absolute Gasteiger partial charge is 0.308 e. The number of rotatable bonds is 14. The van der Waals surface area contributed by atoms with Crippen LogP contribution in [0.5, 0.6) is 11.5 Å². The molecule has 0 N–H and O–H groups in total. The van der Waals surface area contributed by atoms with Gasteiger partial charge in [-0.3, -0.25) is 9.59 Å². The third-order valence-corrected chi connectivity index (χ3v) is 7.98. The Hall–Kier alpha value is -1.84. The molecule has 0 spiro atoms. The first-order valence-corrected chi connectivity index (χ1v) is 14.0. The Morgan fingerprint density at radius 3 is 2.09 bits per heavy atom. The number of ether oxygens (including phenoxy) is 2. The van der Waals surface area contributed by atoms with Crippen molar-refractivity contribution in [3.05, 3.63) is 22.3 Å². The SMILES string of the molecule is CC(=O)Oc1c(C)c(C)c2c(c1C=O)CCC(C)(CCCC(C)CCCC(C)CCCC(C)C)O2. The van der Waals surface area contributed by atoms with Crippen LogP contribution >= 0.6 is 0 Å². The first-order chi connectivity index (χ1) is 16.5. The van der Waals surface area contributed by atoms with Gasteiger partial charge in [0.15, 0.2) is 6.29 Å². The van der Waals surface area contributed by atoms with Crippen LogP contribution in [0.25, 0.3) is 0 Å². The van der Waals surface area contributed by atoms with E-state index in [9.17, 15) is 9.59 Å². The zero-order valence-corrected chi connectivity index (χ0v) is 23.7. The van der Waals surface area contributed by atoms with Gasteiger partial charge in [-0.05, 0) is 75.3 Å². The summed E-state index contributed by atoms with van der Waals surface area (Å²) in [6, 6.07) is 0. The topological polar surface area (TPSA) is 52.6 Å². The summed E-state index contributed by atoms with van der Waals surface area (Å²) in [5.74, 6) is 3.21. The van der Waals surface area contributed by atoms with E-state index in [1.807, 2.05) is 13.8 Å². The highest BCUT2D eigenvalue weighted by molar-refractivity contribution is 5.87. The van der Waals surface area contributed by atoms with Crippen LogP contribution in [0.15, 0.2) is 0 Å². The third-order valence-electron chi connectivity index (χ3n) is 7.98. The molecule has 0 amide bonds. The van der Waals surface area contributed by atoms with Crippen molar-refractivity contribution in [3.63, 3.8) is 0 Å². The van der Waals surface area contributed by atoms with Gasteiger partial charge in [0.05, 0.1) is 5.56 Å². The number of esters is 1. The monoisotopic (exact) mass is 486 g/mol. The van der Waals surface area contributed by atoms with Crippen LogP contribution in [0, 0.1) is 31.6 Å². The highest BCUT2D eigenvalue weighted by Crippen LogP contribution is 2.44. The Morgan fingerprint density at radius 1 is 0.971 bits per heavy atom. The Balaban J connectivity index is 1.87. The summed E-state index contributed by atoms with van der Waals surface area (Å²) >= 11 is 0. The lowest BCUT2D eigenvalue weighted by Crippen LogP contribution is -2.37. The van der Waals surface area contributed by atoms with E-state index in [-0.39, 0.29) is 5.60 Å². The fourth-order valence-corrected chi connectivity index (χ4v) is 5.48. The molecule has 0 bridgehead atoms. The van der Waals surface area contributed by atoms with Gasteiger partial charge in [-0.15, -0.1) is 0 Å². The van der Waals surface area contributed by atoms with Crippen molar-refractivity contribution in [2.24, 2.45) is 17.8 Å². The maximum atomic E-state index is 11.9. The highest BCUT2D eigenvalue weighted by atomic mass is 16.5. The van der Waals surface area contributed by atoms with E-state index in [1.54, 1.807) is 0 Å². The second kappa shape index (κ2) is 13.5. The molecule has 0 saturated carbocycles. The maximum absolute atomic E-state index is 11.9. The van der Waals surface area contributed by atoms with Crippen LogP contribution < -0.4 is 9.47 Å². The molecule has 3 unspecified atom stereocenters. The Kier molecular flexibility index (Phi) is 11.3. The molecule has 1 aromatic carbocycles. The van der Waals surface area contributed by atoms with Crippen LogP contribution in [-0.4, -0.2) is 17.9 Å². The van der Waals surface area contributed by atoms with E-state index < -0.39 is 5.97 Å². The highest BCUT2D eigenvalue weighted by Gasteiger charge is 2.35. The minimum Gasteiger partial charge on any atom is -0.487 e.